The fourth-order valence-electron chi connectivity index (χ4n) is 3.58. The van der Waals surface area contributed by atoms with Gasteiger partial charge in [-0.2, -0.15) is 0 Å². The van der Waals surface area contributed by atoms with Crippen LogP contribution in [0.2, 0.25) is 0 Å². The molecule has 0 aliphatic heterocycles. The average Bonchev–Trinajstić information content (AvgIpc) is 2.82. The van der Waals surface area contributed by atoms with Crippen molar-refractivity contribution in [1.82, 2.24) is 0 Å². The molecule has 0 aromatic heterocycles. The third-order valence-corrected chi connectivity index (χ3v) is 5.22. The lowest BCUT2D eigenvalue weighted by atomic mass is 9.88. The summed E-state index contributed by atoms with van der Waals surface area (Å²) in [6.45, 7) is 3.91. The topological polar surface area (TPSA) is 98.0 Å². The molecule has 0 aromatic carbocycles. The van der Waals surface area contributed by atoms with E-state index >= 15 is 0 Å². The highest BCUT2D eigenvalue weighted by molar-refractivity contribution is 5.66. The van der Waals surface area contributed by atoms with Crippen molar-refractivity contribution < 1.29 is 25.2 Å². The maximum atomic E-state index is 10.5. The Morgan fingerprint density at radius 1 is 1.15 bits per heavy atom. The molecule has 0 radical (unpaired) electrons. The fraction of sp³-hybridized carbons (Fsp3) is 0.762. The molecule has 5 atom stereocenters. The number of carboxylic acids is 1. The van der Waals surface area contributed by atoms with E-state index < -0.39 is 23.8 Å². The van der Waals surface area contributed by atoms with Crippen molar-refractivity contribution >= 4 is 5.97 Å². The first-order valence-corrected chi connectivity index (χ1v) is 9.91. The SMILES string of the molecule is CCCCC[C@](C)(O)/C=C/[C@@H]1[C@@H](C/C=C\CCCC(=O)O)[C@@H](O)C[C@H]1O. The zero-order valence-electron chi connectivity index (χ0n) is 16.2. The lowest BCUT2D eigenvalue weighted by Gasteiger charge is -2.23. The number of carboxylic acid groups (broad SMARTS) is 1. The van der Waals surface area contributed by atoms with Gasteiger partial charge in [0.25, 0.3) is 0 Å². The van der Waals surface area contributed by atoms with Gasteiger partial charge in [0.15, 0.2) is 0 Å². The van der Waals surface area contributed by atoms with Gasteiger partial charge >= 0.3 is 5.97 Å². The molecule has 150 valence electrons. The standard InChI is InChI=1S/C21H36O5/c1-3-4-9-13-21(2,26)14-12-17-16(18(22)15-19(17)23)10-7-5-6-8-11-20(24)25/h5,7,12,14,16-19,22-23,26H,3-4,6,8-11,13,15H2,1-2H3,(H,24,25)/b7-5-,14-12+/t16-,17-,18+,19-,21+/m1/s1. The molecule has 0 bridgehead atoms. The van der Waals surface area contributed by atoms with Crippen LogP contribution in [0.25, 0.3) is 0 Å². The van der Waals surface area contributed by atoms with Crippen molar-refractivity contribution in [2.24, 2.45) is 11.8 Å². The Hall–Kier alpha value is -1.17. The predicted octanol–water partition coefficient (Wildman–Crippen LogP) is 3.43. The van der Waals surface area contributed by atoms with E-state index in [-0.39, 0.29) is 18.3 Å². The summed E-state index contributed by atoms with van der Waals surface area (Å²) in [7, 11) is 0. The van der Waals surface area contributed by atoms with Crippen LogP contribution in [0.15, 0.2) is 24.3 Å². The summed E-state index contributed by atoms with van der Waals surface area (Å²) in [6, 6.07) is 0. The summed E-state index contributed by atoms with van der Waals surface area (Å²) >= 11 is 0. The molecule has 1 aliphatic carbocycles. The zero-order valence-corrected chi connectivity index (χ0v) is 16.2. The van der Waals surface area contributed by atoms with E-state index in [1.54, 1.807) is 13.0 Å². The molecular formula is C21H36O5. The van der Waals surface area contributed by atoms with Gasteiger partial charge in [0.2, 0.25) is 0 Å². The molecule has 0 unspecified atom stereocenters. The van der Waals surface area contributed by atoms with Gasteiger partial charge in [-0.05, 0) is 38.5 Å². The normalized spacial score (nSPS) is 28.8. The second kappa shape index (κ2) is 11.5. The minimum atomic E-state index is -0.889. The van der Waals surface area contributed by atoms with Crippen molar-refractivity contribution in [3.05, 3.63) is 24.3 Å². The van der Waals surface area contributed by atoms with Crippen LogP contribution in [-0.4, -0.2) is 44.2 Å². The summed E-state index contributed by atoms with van der Waals surface area (Å²) in [5, 5.41) is 39.6. The number of aliphatic hydroxyl groups is 3. The first-order valence-electron chi connectivity index (χ1n) is 9.91. The van der Waals surface area contributed by atoms with E-state index in [9.17, 15) is 20.1 Å². The van der Waals surface area contributed by atoms with Crippen molar-refractivity contribution in [2.45, 2.75) is 89.4 Å². The van der Waals surface area contributed by atoms with E-state index in [1.807, 2.05) is 18.2 Å². The van der Waals surface area contributed by atoms with Gasteiger partial charge < -0.3 is 20.4 Å². The van der Waals surface area contributed by atoms with Gasteiger partial charge in [-0.25, -0.2) is 0 Å². The van der Waals surface area contributed by atoms with Gasteiger partial charge in [-0.15, -0.1) is 0 Å². The molecule has 1 fully saturated rings. The Bertz CT molecular complexity index is 469. The van der Waals surface area contributed by atoms with E-state index in [0.717, 1.165) is 19.3 Å². The summed E-state index contributed by atoms with van der Waals surface area (Å²) in [5.41, 5.74) is -0.889. The molecule has 0 amide bonds. The van der Waals surface area contributed by atoms with Gasteiger partial charge in [0.1, 0.15) is 0 Å². The number of unbranched alkanes of at least 4 members (excludes halogenated alkanes) is 3. The fourth-order valence-corrected chi connectivity index (χ4v) is 3.58. The Kier molecular flexibility index (Phi) is 10.1. The van der Waals surface area contributed by atoms with Gasteiger partial charge in [-0.3, -0.25) is 4.79 Å². The number of aliphatic carboxylic acids is 1. The van der Waals surface area contributed by atoms with Crippen LogP contribution in [0.1, 0.15) is 71.6 Å². The summed E-state index contributed by atoms with van der Waals surface area (Å²) in [4.78, 5) is 10.5. The van der Waals surface area contributed by atoms with E-state index in [2.05, 4.69) is 6.92 Å². The van der Waals surface area contributed by atoms with E-state index in [0.29, 0.717) is 32.1 Å². The first-order chi connectivity index (χ1) is 12.3. The highest BCUT2D eigenvalue weighted by Crippen LogP contribution is 2.37. The van der Waals surface area contributed by atoms with Gasteiger partial charge in [0.05, 0.1) is 17.8 Å². The minimum absolute atomic E-state index is 0.0802. The van der Waals surface area contributed by atoms with Crippen LogP contribution in [0.3, 0.4) is 0 Å². The number of aliphatic hydroxyl groups excluding tert-OH is 2. The van der Waals surface area contributed by atoms with E-state index in [4.69, 9.17) is 5.11 Å². The number of carbonyl (C=O) groups is 1. The van der Waals surface area contributed by atoms with Crippen LogP contribution in [0.5, 0.6) is 0 Å². The van der Waals surface area contributed by atoms with Crippen molar-refractivity contribution in [2.75, 3.05) is 0 Å². The van der Waals surface area contributed by atoms with Crippen LogP contribution >= 0.6 is 0 Å². The van der Waals surface area contributed by atoms with Crippen molar-refractivity contribution in [1.29, 1.82) is 0 Å². The molecule has 5 nitrogen and oxygen atoms in total. The molecule has 0 aromatic rings. The zero-order chi connectivity index (χ0) is 19.6. The second-order valence-electron chi connectivity index (χ2n) is 7.78. The minimum Gasteiger partial charge on any atom is -0.481 e. The number of hydrogen-bond acceptors (Lipinski definition) is 4. The Labute approximate surface area is 157 Å². The molecule has 26 heavy (non-hydrogen) atoms. The second-order valence-corrected chi connectivity index (χ2v) is 7.78. The third kappa shape index (κ3) is 8.47. The Morgan fingerprint density at radius 3 is 2.54 bits per heavy atom. The lowest BCUT2D eigenvalue weighted by molar-refractivity contribution is -0.137. The molecule has 4 N–H and O–H groups in total. The number of rotatable bonds is 12. The average molecular weight is 369 g/mol. The van der Waals surface area contributed by atoms with Gasteiger partial charge in [0, 0.05) is 18.8 Å². The maximum absolute atomic E-state index is 10.5. The molecule has 0 heterocycles. The molecule has 1 rings (SSSR count). The van der Waals surface area contributed by atoms with Crippen molar-refractivity contribution in [3.63, 3.8) is 0 Å². The molecule has 1 aliphatic rings. The van der Waals surface area contributed by atoms with Crippen LogP contribution in [0.4, 0.5) is 0 Å². The van der Waals surface area contributed by atoms with Crippen LogP contribution in [0, 0.1) is 11.8 Å². The highest BCUT2D eigenvalue weighted by atomic mass is 16.4. The van der Waals surface area contributed by atoms with Crippen LogP contribution < -0.4 is 0 Å². The molecule has 5 heteroatoms. The molecule has 0 spiro atoms. The van der Waals surface area contributed by atoms with Crippen molar-refractivity contribution in [3.8, 4) is 0 Å². The first kappa shape index (κ1) is 22.9. The quantitative estimate of drug-likeness (QED) is 0.312. The highest BCUT2D eigenvalue weighted by Gasteiger charge is 2.39. The number of allylic oxidation sites excluding steroid dienone is 2. The van der Waals surface area contributed by atoms with Gasteiger partial charge in [-0.1, -0.05) is 50.5 Å². The third-order valence-electron chi connectivity index (χ3n) is 5.22. The summed E-state index contributed by atoms with van der Waals surface area (Å²) in [6.07, 6.45) is 12.7. The Balaban J connectivity index is 2.56. The lowest BCUT2D eigenvalue weighted by Crippen LogP contribution is -2.24. The molecule has 1 saturated carbocycles. The maximum Gasteiger partial charge on any atom is 0.303 e. The predicted molar refractivity (Wildman–Crippen MR) is 103 cm³/mol. The van der Waals surface area contributed by atoms with E-state index in [1.165, 1.54) is 0 Å². The van der Waals surface area contributed by atoms with Crippen LogP contribution in [-0.2, 0) is 4.79 Å². The largest absolute Gasteiger partial charge is 0.481 e. The summed E-state index contributed by atoms with van der Waals surface area (Å²) in [5.74, 6) is -1.04. The Morgan fingerprint density at radius 2 is 1.88 bits per heavy atom. The molecule has 0 saturated heterocycles. The molecular weight excluding hydrogens is 332 g/mol. The monoisotopic (exact) mass is 368 g/mol. The number of hydrogen-bond donors (Lipinski definition) is 4. The smallest absolute Gasteiger partial charge is 0.303 e. The summed E-state index contributed by atoms with van der Waals surface area (Å²) < 4.78 is 0.